The van der Waals surface area contributed by atoms with Crippen LogP contribution >= 0.6 is 23.8 Å². The Morgan fingerprint density at radius 2 is 2.25 bits per heavy atom. The van der Waals surface area contributed by atoms with E-state index in [4.69, 9.17) is 29.7 Å². The van der Waals surface area contributed by atoms with Crippen LogP contribution in [0.5, 0.6) is 0 Å². The molecule has 1 rings (SSSR count). The van der Waals surface area contributed by atoms with Gasteiger partial charge in [-0.1, -0.05) is 17.7 Å². The molecule has 0 aliphatic heterocycles. The van der Waals surface area contributed by atoms with Gasteiger partial charge in [0.1, 0.15) is 0 Å². The van der Waals surface area contributed by atoms with E-state index in [2.05, 4.69) is 10.7 Å². The molecule has 64 valence electrons. The fourth-order valence-electron chi connectivity index (χ4n) is 0.733. The van der Waals surface area contributed by atoms with Crippen LogP contribution < -0.4 is 16.6 Å². The molecule has 0 heterocycles. The number of rotatable bonds is 1. The molecule has 0 bridgehead atoms. The zero-order chi connectivity index (χ0) is 8.97. The summed E-state index contributed by atoms with van der Waals surface area (Å²) in [4.78, 5) is 0. The lowest BCUT2D eigenvalue weighted by Gasteiger charge is -2.05. The molecule has 0 radical (unpaired) electrons. The minimum Gasteiger partial charge on any atom is -0.332 e. The molecule has 0 saturated heterocycles. The van der Waals surface area contributed by atoms with Crippen molar-refractivity contribution in [3.63, 3.8) is 0 Å². The maximum absolute atomic E-state index is 5.74. The van der Waals surface area contributed by atoms with E-state index in [1.807, 2.05) is 12.1 Å². The van der Waals surface area contributed by atoms with Crippen molar-refractivity contribution in [2.24, 2.45) is 5.84 Å². The summed E-state index contributed by atoms with van der Waals surface area (Å²) in [6.45, 7) is 0. The molecule has 4 N–H and O–H groups in total. The normalized spacial score (nSPS) is 9.17. The van der Waals surface area contributed by atoms with E-state index in [9.17, 15) is 0 Å². The van der Waals surface area contributed by atoms with Gasteiger partial charge in [0.25, 0.3) is 0 Å². The SMILES string of the molecule is NNC(=S)Nc1cccc(Cl)c1. The summed E-state index contributed by atoms with van der Waals surface area (Å²) in [5, 5.41) is 3.85. The quantitative estimate of drug-likeness (QED) is 0.366. The van der Waals surface area contributed by atoms with Crippen LogP contribution in [0.25, 0.3) is 0 Å². The summed E-state index contributed by atoms with van der Waals surface area (Å²) < 4.78 is 0. The van der Waals surface area contributed by atoms with Gasteiger partial charge in [0.15, 0.2) is 5.11 Å². The summed E-state index contributed by atoms with van der Waals surface area (Å²) in [5.74, 6) is 5.07. The average Bonchev–Trinajstić information content (AvgIpc) is 2.04. The van der Waals surface area contributed by atoms with E-state index in [0.717, 1.165) is 5.69 Å². The third-order valence-corrected chi connectivity index (χ3v) is 1.67. The van der Waals surface area contributed by atoms with Crippen molar-refractivity contribution >= 4 is 34.6 Å². The highest BCUT2D eigenvalue weighted by molar-refractivity contribution is 7.80. The zero-order valence-corrected chi connectivity index (χ0v) is 7.75. The lowest BCUT2D eigenvalue weighted by Crippen LogP contribution is -2.34. The second kappa shape index (κ2) is 4.25. The van der Waals surface area contributed by atoms with Gasteiger partial charge >= 0.3 is 0 Å². The van der Waals surface area contributed by atoms with Crippen LogP contribution in [0, 0.1) is 0 Å². The number of thiocarbonyl (C=S) groups is 1. The predicted octanol–water partition coefficient (Wildman–Crippen LogP) is 1.50. The first-order valence-corrected chi connectivity index (χ1v) is 4.04. The van der Waals surface area contributed by atoms with Gasteiger partial charge in [0, 0.05) is 10.7 Å². The van der Waals surface area contributed by atoms with E-state index in [1.54, 1.807) is 12.1 Å². The number of hydrazine groups is 1. The maximum Gasteiger partial charge on any atom is 0.185 e. The Morgan fingerprint density at radius 3 is 2.83 bits per heavy atom. The van der Waals surface area contributed by atoms with Gasteiger partial charge in [-0.15, -0.1) is 0 Å². The molecule has 0 aromatic heterocycles. The monoisotopic (exact) mass is 201 g/mol. The van der Waals surface area contributed by atoms with Gasteiger partial charge in [0.05, 0.1) is 0 Å². The van der Waals surface area contributed by atoms with Crippen LogP contribution in [0.1, 0.15) is 0 Å². The van der Waals surface area contributed by atoms with Crippen LogP contribution in [0.3, 0.4) is 0 Å². The molecule has 0 saturated carbocycles. The topological polar surface area (TPSA) is 50.1 Å². The fraction of sp³-hybridized carbons (Fsp3) is 0. The summed E-state index contributed by atoms with van der Waals surface area (Å²) in [5.41, 5.74) is 3.12. The Balaban J connectivity index is 2.69. The Bertz CT molecular complexity index is 290. The van der Waals surface area contributed by atoms with Crippen LogP contribution in [0.4, 0.5) is 5.69 Å². The van der Waals surface area contributed by atoms with Gasteiger partial charge < -0.3 is 10.7 Å². The standard InChI is InChI=1S/C7H8ClN3S/c8-5-2-1-3-6(4-5)10-7(12)11-9/h1-4H,9H2,(H2,10,11,12). The molecule has 0 aliphatic rings. The highest BCUT2D eigenvalue weighted by atomic mass is 35.5. The van der Waals surface area contributed by atoms with Crippen molar-refractivity contribution in [3.8, 4) is 0 Å². The number of nitrogens with one attached hydrogen (secondary N) is 2. The van der Waals surface area contributed by atoms with E-state index in [0.29, 0.717) is 10.1 Å². The number of benzene rings is 1. The van der Waals surface area contributed by atoms with Crippen molar-refractivity contribution in [3.05, 3.63) is 29.3 Å². The molecule has 1 aromatic rings. The highest BCUT2D eigenvalue weighted by Gasteiger charge is 1.94. The first kappa shape index (κ1) is 9.25. The number of anilines is 1. The second-order valence-corrected chi connectivity index (χ2v) is 2.95. The first-order chi connectivity index (χ1) is 5.72. The van der Waals surface area contributed by atoms with Crippen molar-refractivity contribution in [1.29, 1.82) is 0 Å². The van der Waals surface area contributed by atoms with Crippen molar-refractivity contribution < 1.29 is 0 Å². The number of nitrogens with two attached hydrogens (primary N) is 1. The number of halogens is 1. The highest BCUT2D eigenvalue weighted by Crippen LogP contribution is 2.14. The van der Waals surface area contributed by atoms with Gasteiger partial charge in [0.2, 0.25) is 0 Å². The molecule has 12 heavy (non-hydrogen) atoms. The van der Waals surface area contributed by atoms with Crippen LogP contribution in [0.2, 0.25) is 5.02 Å². The molecular formula is C7H8ClN3S. The average molecular weight is 202 g/mol. The lowest BCUT2D eigenvalue weighted by molar-refractivity contribution is 1.04. The molecule has 1 aromatic carbocycles. The van der Waals surface area contributed by atoms with Gasteiger partial charge in [-0.3, -0.25) is 0 Å². The van der Waals surface area contributed by atoms with Crippen molar-refractivity contribution in [2.75, 3.05) is 5.32 Å². The number of hydrogen-bond donors (Lipinski definition) is 3. The van der Waals surface area contributed by atoms with Crippen LogP contribution in [-0.4, -0.2) is 5.11 Å². The predicted molar refractivity (Wildman–Crippen MR) is 55.0 cm³/mol. The minimum atomic E-state index is 0.359. The molecular weight excluding hydrogens is 194 g/mol. The van der Waals surface area contributed by atoms with E-state index < -0.39 is 0 Å². The zero-order valence-electron chi connectivity index (χ0n) is 6.17. The Kier molecular flexibility index (Phi) is 3.28. The van der Waals surface area contributed by atoms with Gasteiger partial charge in [-0.25, -0.2) is 5.84 Å². The van der Waals surface area contributed by atoms with E-state index >= 15 is 0 Å². The molecule has 0 amide bonds. The minimum absolute atomic E-state index is 0.359. The third kappa shape index (κ3) is 2.65. The lowest BCUT2D eigenvalue weighted by atomic mass is 10.3. The van der Waals surface area contributed by atoms with Crippen molar-refractivity contribution in [1.82, 2.24) is 5.43 Å². The van der Waals surface area contributed by atoms with Crippen molar-refractivity contribution in [2.45, 2.75) is 0 Å². The largest absolute Gasteiger partial charge is 0.332 e. The van der Waals surface area contributed by atoms with E-state index in [-0.39, 0.29) is 0 Å². The summed E-state index contributed by atoms with van der Waals surface area (Å²) in [6.07, 6.45) is 0. The van der Waals surface area contributed by atoms with Crippen LogP contribution in [-0.2, 0) is 0 Å². The molecule has 0 fully saturated rings. The summed E-state index contributed by atoms with van der Waals surface area (Å²) >= 11 is 10.5. The van der Waals surface area contributed by atoms with E-state index in [1.165, 1.54) is 0 Å². The third-order valence-electron chi connectivity index (χ3n) is 1.21. The summed E-state index contributed by atoms with van der Waals surface area (Å²) in [6, 6.07) is 7.20. The maximum atomic E-state index is 5.74. The Morgan fingerprint density at radius 1 is 1.50 bits per heavy atom. The Labute approximate surface area is 80.9 Å². The summed E-state index contributed by atoms with van der Waals surface area (Å²) in [7, 11) is 0. The number of hydrogen-bond acceptors (Lipinski definition) is 2. The molecule has 0 spiro atoms. The second-order valence-electron chi connectivity index (χ2n) is 2.11. The molecule has 3 nitrogen and oxygen atoms in total. The Hall–Kier alpha value is -0.840. The van der Waals surface area contributed by atoms with Crippen LogP contribution in [0.15, 0.2) is 24.3 Å². The first-order valence-electron chi connectivity index (χ1n) is 3.25. The van der Waals surface area contributed by atoms with Gasteiger partial charge in [-0.2, -0.15) is 0 Å². The molecule has 0 aliphatic carbocycles. The molecule has 0 unspecified atom stereocenters. The molecule has 5 heteroatoms. The smallest absolute Gasteiger partial charge is 0.185 e. The fourth-order valence-corrected chi connectivity index (χ4v) is 1.04. The van der Waals surface area contributed by atoms with Gasteiger partial charge in [-0.05, 0) is 30.4 Å². The molecule has 0 atom stereocenters.